The molecule has 1 heterocycles. The van der Waals surface area contributed by atoms with E-state index >= 15 is 0 Å². The molecule has 1 aromatic rings. The summed E-state index contributed by atoms with van der Waals surface area (Å²) < 4.78 is 1.74. The van der Waals surface area contributed by atoms with Crippen LogP contribution in [-0.4, -0.2) is 9.78 Å². The normalized spacial score (nSPS) is 9.18. The molecule has 0 saturated heterocycles. The van der Waals surface area contributed by atoms with E-state index in [-0.39, 0.29) is 0 Å². The van der Waals surface area contributed by atoms with E-state index in [1.165, 1.54) is 0 Å². The number of aryl methyl sites for hydroxylation is 2. The monoisotopic (exact) mass is 150 g/mol. The zero-order valence-electron chi connectivity index (χ0n) is 6.63. The standard InChI is InChI=1S/C7H10N4/c1-6-7(3-9-5-8)4-11(2)10-6/h4,9H,3H2,1-2H3. The zero-order chi connectivity index (χ0) is 8.27. The van der Waals surface area contributed by atoms with Gasteiger partial charge in [0.2, 0.25) is 0 Å². The van der Waals surface area contributed by atoms with Gasteiger partial charge in [-0.05, 0) is 6.92 Å². The summed E-state index contributed by atoms with van der Waals surface area (Å²) in [5.41, 5.74) is 2.03. The maximum atomic E-state index is 8.24. The fourth-order valence-electron chi connectivity index (χ4n) is 0.957. The van der Waals surface area contributed by atoms with Gasteiger partial charge in [-0.3, -0.25) is 4.68 Å². The quantitative estimate of drug-likeness (QED) is 0.487. The second kappa shape index (κ2) is 3.06. The number of aromatic nitrogens is 2. The Bertz CT molecular complexity index is 281. The third-order valence-electron chi connectivity index (χ3n) is 1.47. The molecule has 0 radical (unpaired) electrons. The Kier molecular flexibility index (Phi) is 2.12. The van der Waals surface area contributed by atoms with Gasteiger partial charge in [0.15, 0.2) is 6.19 Å². The molecule has 0 aliphatic carbocycles. The van der Waals surface area contributed by atoms with Crippen LogP contribution in [0.25, 0.3) is 0 Å². The second-order valence-electron chi connectivity index (χ2n) is 2.38. The molecule has 0 bridgehead atoms. The molecule has 4 nitrogen and oxygen atoms in total. The number of nitriles is 1. The first-order valence-corrected chi connectivity index (χ1v) is 3.35. The Morgan fingerprint density at radius 3 is 3.00 bits per heavy atom. The van der Waals surface area contributed by atoms with Gasteiger partial charge in [0.05, 0.1) is 12.2 Å². The molecule has 0 amide bonds. The lowest BCUT2D eigenvalue weighted by Gasteiger charge is -1.92. The van der Waals surface area contributed by atoms with E-state index in [0.717, 1.165) is 11.3 Å². The minimum absolute atomic E-state index is 0.566. The Labute approximate surface area is 65.4 Å². The molecular formula is C7H10N4. The highest BCUT2D eigenvalue weighted by atomic mass is 15.2. The smallest absolute Gasteiger partial charge is 0.176 e. The molecule has 0 atom stereocenters. The molecule has 1 N–H and O–H groups in total. The van der Waals surface area contributed by atoms with Gasteiger partial charge in [0.1, 0.15) is 0 Å². The average molecular weight is 150 g/mol. The second-order valence-corrected chi connectivity index (χ2v) is 2.38. The van der Waals surface area contributed by atoms with Gasteiger partial charge in [0.25, 0.3) is 0 Å². The molecule has 0 spiro atoms. The van der Waals surface area contributed by atoms with E-state index in [4.69, 9.17) is 5.26 Å². The first-order valence-electron chi connectivity index (χ1n) is 3.35. The summed E-state index contributed by atoms with van der Waals surface area (Å²) in [5.74, 6) is 0. The van der Waals surface area contributed by atoms with Crippen LogP contribution in [0.5, 0.6) is 0 Å². The van der Waals surface area contributed by atoms with Crippen molar-refractivity contribution in [2.75, 3.05) is 0 Å². The molecule has 0 unspecified atom stereocenters. The van der Waals surface area contributed by atoms with Crippen LogP contribution in [-0.2, 0) is 13.6 Å². The van der Waals surface area contributed by atoms with Crippen molar-refractivity contribution in [3.8, 4) is 6.19 Å². The number of nitrogens with one attached hydrogen (secondary N) is 1. The number of rotatable bonds is 2. The fourth-order valence-corrected chi connectivity index (χ4v) is 0.957. The van der Waals surface area contributed by atoms with Gasteiger partial charge in [-0.1, -0.05) is 0 Å². The van der Waals surface area contributed by atoms with Crippen LogP contribution in [0.4, 0.5) is 0 Å². The van der Waals surface area contributed by atoms with Crippen LogP contribution in [0.3, 0.4) is 0 Å². The van der Waals surface area contributed by atoms with Crippen LogP contribution in [0, 0.1) is 18.4 Å². The Hall–Kier alpha value is -1.50. The summed E-state index contributed by atoms with van der Waals surface area (Å²) in [6, 6.07) is 0. The molecule has 1 aromatic heterocycles. The molecule has 0 aliphatic rings. The lowest BCUT2D eigenvalue weighted by atomic mass is 10.3. The van der Waals surface area contributed by atoms with Crippen LogP contribution >= 0.6 is 0 Å². The molecule has 11 heavy (non-hydrogen) atoms. The van der Waals surface area contributed by atoms with Crippen molar-refractivity contribution in [3.63, 3.8) is 0 Å². The summed E-state index contributed by atoms with van der Waals surface area (Å²) in [4.78, 5) is 0. The van der Waals surface area contributed by atoms with Gasteiger partial charge in [0, 0.05) is 18.8 Å². The van der Waals surface area contributed by atoms with E-state index in [0.29, 0.717) is 6.54 Å². The van der Waals surface area contributed by atoms with Crippen LogP contribution in [0.2, 0.25) is 0 Å². The highest BCUT2D eigenvalue weighted by Crippen LogP contribution is 2.02. The minimum Gasteiger partial charge on any atom is -0.319 e. The summed E-state index contributed by atoms with van der Waals surface area (Å²) in [6.45, 7) is 2.49. The van der Waals surface area contributed by atoms with Gasteiger partial charge in [-0.15, -0.1) is 0 Å². The third-order valence-corrected chi connectivity index (χ3v) is 1.47. The van der Waals surface area contributed by atoms with E-state index in [1.807, 2.05) is 26.4 Å². The van der Waals surface area contributed by atoms with E-state index in [2.05, 4.69) is 10.4 Å². The van der Waals surface area contributed by atoms with Gasteiger partial charge >= 0.3 is 0 Å². The molecule has 0 saturated carbocycles. The van der Waals surface area contributed by atoms with Gasteiger partial charge in [-0.2, -0.15) is 10.4 Å². The van der Waals surface area contributed by atoms with Crippen molar-refractivity contribution in [3.05, 3.63) is 17.5 Å². The van der Waals surface area contributed by atoms with Gasteiger partial charge < -0.3 is 5.32 Å². The van der Waals surface area contributed by atoms with E-state index in [1.54, 1.807) is 4.68 Å². The lowest BCUT2D eigenvalue weighted by molar-refractivity contribution is 0.756. The highest BCUT2D eigenvalue weighted by Gasteiger charge is 2.00. The highest BCUT2D eigenvalue weighted by molar-refractivity contribution is 5.15. The van der Waals surface area contributed by atoms with E-state index < -0.39 is 0 Å². The van der Waals surface area contributed by atoms with E-state index in [9.17, 15) is 0 Å². The van der Waals surface area contributed by atoms with Crippen molar-refractivity contribution < 1.29 is 0 Å². The zero-order valence-corrected chi connectivity index (χ0v) is 6.63. The molecule has 4 heteroatoms. The Balaban J connectivity index is 2.71. The summed E-state index contributed by atoms with van der Waals surface area (Å²) >= 11 is 0. The lowest BCUT2D eigenvalue weighted by Crippen LogP contribution is -2.04. The topological polar surface area (TPSA) is 53.6 Å². The summed E-state index contributed by atoms with van der Waals surface area (Å²) in [7, 11) is 1.86. The minimum atomic E-state index is 0.566. The van der Waals surface area contributed by atoms with Gasteiger partial charge in [-0.25, -0.2) is 0 Å². The van der Waals surface area contributed by atoms with Crippen LogP contribution < -0.4 is 5.32 Å². The summed E-state index contributed by atoms with van der Waals surface area (Å²) in [6.07, 6.45) is 3.77. The maximum absolute atomic E-state index is 8.24. The molecular weight excluding hydrogens is 140 g/mol. The molecule has 58 valence electrons. The number of nitrogens with zero attached hydrogens (tertiary/aromatic N) is 3. The average Bonchev–Trinajstić information content (AvgIpc) is 2.26. The largest absolute Gasteiger partial charge is 0.319 e. The molecule has 1 rings (SSSR count). The fraction of sp³-hybridized carbons (Fsp3) is 0.429. The Morgan fingerprint density at radius 2 is 2.55 bits per heavy atom. The van der Waals surface area contributed by atoms with Crippen LogP contribution in [0.1, 0.15) is 11.3 Å². The molecule has 0 aliphatic heterocycles. The first kappa shape index (κ1) is 7.61. The third kappa shape index (κ3) is 1.71. The molecule has 0 aromatic carbocycles. The SMILES string of the molecule is Cc1nn(C)cc1CNC#N. The Morgan fingerprint density at radius 1 is 1.82 bits per heavy atom. The molecule has 0 fully saturated rings. The number of hydrogen-bond acceptors (Lipinski definition) is 3. The van der Waals surface area contributed by atoms with Crippen molar-refractivity contribution in [1.29, 1.82) is 5.26 Å². The van der Waals surface area contributed by atoms with Crippen molar-refractivity contribution in [1.82, 2.24) is 15.1 Å². The van der Waals surface area contributed by atoms with Crippen molar-refractivity contribution in [2.24, 2.45) is 7.05 Å². The van der Waals surface area contributed by atoms with Crippen LogP contribution in [0.15, 0.2) is 6.20 Å². The summed E-state index contributed by atoms with van der Waals surface area (Å²) in [5, 5.41) is 14.9. The first-order chi connectivity index (χ1) is 5.24. The van der Waals surface area contributed by atoms with Crippen molar-refractivity contribution >= 4 is 0 Å². The van der Waals surface area contributed by atoms with Crippen molar-refractivity contribution in [2.45, 2.75) is 13.5 Å². The maximum Gasteiger partial charge on any atom is 0.176 e. The number of hydrogen-bond donors (Lipinski definition) is 1. The predicted octanol–water partition coefficient (Wildman–Crippen LogP) is 0.299. The predicted molar refractivity (Wildman–Crippen MR) is 40.4 cm³/mol.